The van der Waals surface area contributed by atoms with Gasteiger partial charge < -0.3 is 15.5 Å². The number of carbonyl (C=O) groups excluding carboxylic acids is 1. The molecule has 0 bridgehead atoms. The first-order chi connectivity index (χ1) is 14.0. The quantitative estimate of drug-likeness (QED) is 0.396. The first-order valence-electron chi connectivity index (χ1n) is 10.6. The summed E-state index contributed by atoms with van der Waals surface area (Å²) in [5.74, 6) is 0.827. The molecule has 29 heavy (non-hydrogen) atoms. The smallest absolute Gasteiger partial charge is 0.239 e. The Morgan fingerprint density at radius 1 is 1.31 bits per heavy atom. The minimum Gasteiger partial charge on any atom is -0.356 e. The number of hydrogen-bond donors (Lipinski definition) is 2. The minimum absolute atomic E-state index is 0.0259. The van der Waals surface area contributed by atoms with Crippen LogP contribution in [-0.4, -0.2) is 75.0 Å². The van der Waals surface area contributed by atoms with Gasteiger partial charge in [-0.2, -0.15) is 0 Å². The normalized spacial score (nSPS) is 21.1. The number of rotatable bonds is 8. The van der Waals surface area contributed by atoms with Crippen LogP contribution in [0.3, 0.4) is 0 Å². The lowest BCUT2D eigenvalue weighted by Crippen LogP contribution is -2.44. The lowest BCUT2D eigenvalue weighted by Gasteiger charge is -2.26. The summed E-state index contributed by atoms with van der Waals surface area (Å²) in [7, 11) is 5.40. The zero-order valence-electron chi connectivity index (χ0n) is 17.9. The molecule has 2 fully saturated rings. The Labute approximate surface area is 173 Å². The third kappa shape index (κ3) is 5.26. The number of carbonyl (C=O) groups is 1. The van der Waals surface area contributed by atoms with Crippen LogP contribution in [0.15, 0.2) is 29.3 Å². The molecule has 6 nitrogen and oxygen atoms in total. The standard InChI is InChI=1S/C22H34FN5O/c1-24-21(26-16-22(11-12-22)17-8-4-5-9-18(17)23)25-13-7-15-28-14-6-10-19(28)20(29)27(2)3/h4-5,8-9,19H,6-7,10-16H2,1-3H3,(H2,24,25,26). The van der Waals surface area contributed by atoms with Crippen molar-refractivity contribution >= 4 is 11.9 Å². The van der Waals surface area contributed by atoms with E-state index in [0.717, 1.165) is 63.3 Å². The maximum Gasteiger partial charge on any atom is 0.239 e. The molecule has 160 valence electrons. The molecule has 0 radical (unpaired) electrons. The molecule has 1 aromatic carbocycles. The van der Waals surface area contributed by atoms with E-state index in [1.165, 1.54) is 6.07 Å². The van der Waals surface area contributed by atoms with Gasteiger partial charge in [0.1, 0.15) is 5.82 Å². The van der Waals surface area contributed by atoms with Crippen molar-refractivity contribution in [3.05, 3.63) is 35.6 Å². The second kappa shape index (κ2) is 9.57. The van der Waals surface area contributed by atoms with Crippen LogP contribution in [0.25, 0.3) is 0 Å². The molecule has 2 N–H and O–H groups in total. The van der Waals surface area contributed by atoms with Crippen LogP contribution in [0.4, 0.5) is 4.39 Å². The summed E-state index contributed by atoms with van der Waals surface area (Å²) in [6.07, 6.45) is 4.96. The first kappa shape index (κ1) is 21.6. The summed E-state index contributed by atoms with van der Waals surface area (Å²) >= 11 is 0. The van der Waals surface area contributed by atoms with Gasteiger partial charge in [0.15, 0.2) is 5.96 Å². The molecule has 1 atom stereocenters. The van der Waals surface area contributed by atoms with Gasteiger partial charge in [-0.25, -0.2) is 4.39 Å². The molecule has 0 spiro atoms. The average Bonchev–Trinajstić information content (AvgIpc) is 3.35. The van der Waals surface area contributed by atoms with Gasteiger partial charge in [0.05, 0.1) is 6.04 Å². The van der Waals surface area contributed by atoms with Gasteiger partial charge in [-0.1, -0.05) is 18.2 Å². The monoisotopic (exact) mass is 403 g/mol. The number of likely N-dealkylation sites (N-methyl/N-ethyl adjacent to an activating group) is 1. The summed E-state index contributed by atoms with van der Waals surface area (Å²) in [5.41, 5.74) is 0.687. The number of nitrogens with one attached hydrogen (secondary N) is 2. The fourth-order valence-corrected chi connectivity index (χ4v) is 4.22. The second-order valence-electron chi connectivity index (χ2n) is 8.39. The van der Waals surface area contributed by atoms with E-state index in [2.05, 4.69) is 20.5 Å². The van der Waals surface area contributed by atoms with Crippen LogP contribution in [0.2, 0.25) is 0 Å². The highest BCUT2D eigenvalue weighted by atomic mass is 19.1. The molecule has 1 saturated heterocycles. The fraction of sp³-hybridized carbons (Fsp3) is 0.636. The summed E-state index contributed by atoms with van der Waals surface area (Å²) in [6, 6.07) is 7.09. The number of likely N-dealkylation sites (tertiary alicyclic amines) is 1. The predicted octanol–water partition coefficient (Wildman–Crippen LogP) is 1.97. The molecule has 1 saturated carbocycles. The Balaban J connectivity index is 1.41. The number of nitrogens with zero attached hydrogens (tertiary/aromatic N) is 3. The van der Waals surface area contributed by atoms with E-state index in [1.54, 1.807) is 18.0 Å². The Morgan fingerprint density at radius 2 is 2.07 bits per heavy atom. The third-order valence-corrected chi connectivity index (χ3v) is 6.12. The van der Waals surface area contributed by atoms with Gasteiger partial charge in [0.2, 0.25) is 5.91 Å². The van der Waals surface area contributed by atoms with E-state index in [0.29, 0.717) is 6.54 Å². The van der Waals surface area contributed by atoms with Crippen LogP contribution in [0.5, 0.6) is 0 Å². The van der Waals surface area contributed by atoms with Crippen LogP contribution in [0, 0.1) is 5.82 Å². The summed E-state index contributed by atoms with van der Waals surface area (Å²) < 4.78 is 14.2. The van der Waals surface area contributed by atoms with Gasteiger partial charge >= 0.3 is 0 Å². The second-order valence-corrected chi connectivity index (χ2v) is 8.39. The highest BCUT2D eigenvalue weighted by Crippen LogP contribution is 2.48. The lowest BCUT2D eigenvalue weighted by atomic mass is 9.95. The highest BCUT2D eigenvalue weighted by molar-refractivity contribution is 5.81. The minimum atomic E-state index is -0.123. The Bertz CT molecular complexity index is 732. The summed E-state index contributed by atoms with van der Waals surface area (Å²) in [6.45, 7) is 3.35. The van der Waals surface area contributed by atoms with E-state index in [-0.39, 0.29) is 23.2 Å². The van der Waals surface area contributed by atoms with Crippen molar-refractivity contribution < 1.29 is 9.18 Å². The van der Waals surface area contributed by atoms with Crippen LogP contribution in [0.1, 0.15) is 37.7 Å². The molecular weight excluding hydrogens is 369 g/mol. The lowest BCUT2D eigenvalue weighted by molar-refractivity contribution is -0.133. The maximum absolute atomic E-state index is 14.2. The fourth-order valence-electron chi connectivity index (χ4n) is 4.22. The molecular formula is C22H34FN5O. The number of amides is 1. The van der Waals surface area contributed by atoms with Crippen LogP contribution < -0.4 is 10.6 Å². The molecule has 7 heteroatoms. The summed E-state index contributed by atoms with van der Waals surface area (Å²) in [5, 5.41) is 6.72. The Kier molecular flexibility index (Phi) is 7.11. The van der Waals surface area contributed by atoms with Gasteiger partial charge in [0, 0.05) is 46.2 Å². The summed E-state index contributed by atoms with van der Waals surface area (Å²) in [4.78, 5) is 20.6. The Morgan fingerprint density at radius 3 is 2.72 bits per heavy atom. The molecule has 0 aromatic heterocycles. The molecule has 1 heterocycles. The van der Waals surface area contributed by atoms with E-state index < -0.39 is 0 Å². The zero-order valence-corrected chi connectivity index (χ0v) is 17.9. The maximum atomic E-state index is 14.2. The van der Waals surface area contributed by atoms with Crippen molar-refractivity contribution in [2.75, 3.05) is 47.3 Å². The average molecular weight is 404 g/mol. The number of aliphatic imine (C=N–C) groups is 1. The number of guanidine groups is 1. The van der Waals surface area contributed by atoms with Gasteiger partial charge in [-0.15, -0.1) is 0 Å². The molecule has 1 amide bonds. The van der Waals surface area contributed by atoms with Gasteiger partial charge in [-0.05, 0) is 50.3 Å². The van der Waals surface area contributed by atoms with Gasteiger partial charge in [0.25, 0.3) is 0 Å². The molecule has 2 aliphatic rings. The third-order valence-electron chi connectivity index (χ3n) is 6.12. The van der Waals surface area contributed by atoms with E-state index in [1.807, 2.05) is 26.2 Å². The van der Waals surface area contributed by atoms with Crippen molar-refractivity contribution in [1.29, 1.82) is 0 Å². The Hall–Kier alpha value is -2.15. The molecule has 1 aliphatic carbocycles. The van der Waals surface area contributed by atoms with Crippen LogP contribution in [-0.2, 0) is 10.2 Å². The van der Waals surface area contributed by atoms with Crippen LogP contribution >= 0.6 is 0 Å². The topological polar surface area (TPSA) is 60.0 Å². The first-order valence-corrected chi connectivity index (χ1v) is 10.6. The molecule has 1 aromatic rings. The van der Waals surface area contributed by atoms with E-state index in [4.69, 9.17) is 0 Å². The van der Waals surface area contributed by atoms with E-state index >= 15 is 0 Å². The molecule has 3 rings (SSSR count). The highest BCUT2D eigenvalue weighted by Gasteiger charge is 2.45. The number of benzene rings is 1. The molecule has 1 aliphatic heterocycles. The van der Waals surface area contributed by atoms with E-state index in [9.17, 15) is 9.18 Å². The van der Waals surface area contributed by atoms with Crippen molar-refractivity contribution in [2.45, 2.75) is 43.6 Å². The van der Waals surface area contributed by atoms with Crippen molar-refractivity contribution in [3.8, 4) is 0 Å². The van der Waals surface area contributed by atoms with Crippen molar-refractivity contribution in [1.82, 2.24) is 20.4 Å². The molecule has 1 unspecified atom stereocenters. The van der Waals surface area contributed by atoms with Gasteiger partial charge in [-0.3, -0.25) is 14.7 Å². The predicted molar refractivity (Wildman–Crippen MR) is 115 cm³/mol. The number of halogens is 1. The van der Waals surface area contributed by atoms with Crippen molar-refractivity contribution in [2.24, 2.45) is 4.99 Å². The zero-order chi connectivity index (χ0) is 20.9. The number of hydrogen-bond acceptors (Lipinski definition) is 3. The van der Waals surface area contributed by atoms with Crippen molar-refractivity contribution in [3.63, 3.8) is 0 Å². The largest absolute Gasteiger partial charge is 0.356 e. The SMILES string of the molecule is CN=C(NCCCN1CCCC1C(=O)N(C)C)NCC1(c2ccccc2F)CC1.